The Bertz CT molecular complexity index is 804. The first-order valence-electron chi connectivity index (χ1n) is 7.30. The lowest BCUT2D eigenvalue weighted by Gasteiger charge is -2.12. The lowest BCUT2D eigenvalue weighted by molar-refractivity contribution is 0.498. The van der Waals surface area contributed by atoms with E-state index in [1.807, 2.05) is 29.6 Å². The molecule has 0 radical (unpaired) electrons. The van der Waals surface area contributed by atoms with Crippen molar-refractivity contribution in [3.05, 3.63) is 59.4 Å². The van der Waals surface area contributed by atoms with Crippen LogP contribution in [0.25, 0.3) is 11.3 Å². The number of nitrogens with one attached hydrogen (secondary N) is 1. The van der Waals surface area contributed by atoms with Gasteiger partial charge >= 0.3 is 0 Å². The topological polar surface area (TPSA) is 50.4 Å². The van der Waals surface area contributed by atoms with E-state index in [1.54, 1.807) is 17.6 Å². The summed E-state index contributed by atoms with van der Waals surface area (Å²) >= 11 is 1.56. The van der Waals surface area contributed by atoms with Crippen LogP contribution in [0, 0.1) is 0 Å². The Kier molecular flexibility index (Phi) is 3.48. The number of hydrogen-bond donors (Lipinski definition) is 1. The maximum Gasteiger partial charge on any atom is 0.203 e. The second-order valence-corrected chi connectivity index (χ2v) is 6.04. The van der Waals surface area contributed by atoms with Crippen LogP contribution in [0.3, 0.4) is 0 Å². The molecule has 0 saturated carbocycles. The van der Waals surface area contributed by atoms with Crippen molar-refractivity contribution in [3.63, 3.8) is 0 Å². The molecule has 22 heavy (non-hydrogen) atoms. The van der Waals surface area contributed by atoms with Gasteiger partial charge in [-0.25, -0.2) is 4.98 Å². The van der Waals surface area contributed by atoms with E-state index in [4.69, 9.17) is 4.42 Å². The maximum absolute atomic E-state index is 5.48. The molecule has 1 aromatic carbocycles. The normalized spacial score (nSPS) is 15.7. The molecule has 5 heteroatoms. The van der Waals surface area contributed by atoms with Crippen LogP contribution in [-0.4, -0.2) is 10.7 Å². The summed E-state index contributed by atoms with van der Waals surface area (Å²) in [4.78, 5) is 4.59. The lowest BCUT2D eigenvalue weighted by atomic mass is 9.97. The van der Waals surface area contributed by atoms with Crippen molar-refractivity contribution < 1.29 is 4.42 Å². The average molecular weight is 309 g/mol. The van der Waals surface area contributed by atoms with Crippen LogP contribution in [-0.2, 0) is 6.42 Å². The highest BCUT2D eigenvalue weighted by Gasteiger charge is 2.18. The van der Waals surface area contributed by atoms with Gasteiger partial charge in [0, 0.05) is 22.9 Å². The third kappa shape index (κ3) is 2.55. The van der Waals surface area contributed by atoms with Crippen molar-refractivity contribution in [1.29, 1.82) is 0 Å². The van der Waals surface area contributed by atoms with Crippen LogP contribution in [0.1, 0.15) is 24.2 Å². The predicted octanol–water partition coefficient (Wildman–Crippen LogP) is 4.56. The van der Waals surface area contributed by atoms with E-state index in [0.717, 1.165) is 52.7 Å². The number of hydrogen-bond acceptors (Lipinski definition) is 5. The van der Waals surface area contributed by atoms with Gasteiger partial charge in [0.1, 0.15) is 5.76 Å². The minimum atomic E-state index is 0.807. The Morgan fingerprint density at radius 2 is 2.05 bits per heavy atom. The first kappa shape index (κ1) is 13.3. The zero-order valence-electron chi connectivity index (χ0n) is 12.0. The molecule has 0 aliphatic heterocycles. The van der Waals surface area contributed by atoms with Gasteiger partial charge in [0.2, 0.25) is 5.13 Å². The standard InChI is InChI=1S/C17H15N3OS/c1-2-5-12(6-3-1)15-11-22-17(18-15)20-19-14-7-4-8-16-13(14)9-10-21-16/h1-3,5-6,9-11H,4,7-8H2,(H,18,20). The van der Waals surface area contributed by atoms with Crippen LogP contribution in [0.15, 0.2) is 57.6 Å². The van der Waals surface area contributed by atoms with Crippen LogP contribution >= 0.6 is 11.3 Å². The van der Waals surface area contributed by atoms with Crippen LogP contribution < -0.4 is 5.43 Å². The van der Waals surface area contributed by atoms with Crippen molar-refractivity contribution in [2.75, 3.05) is 5.43 Å². The van der Waals surface area contributed by atoms with E-state index in [9.17, 15) is 0 Å². The number of aromatic nitrogens is 1. The molecule has 0 bridgehead atoms. The summed E-state index contributed by atoms with van der Waals surface area (Å²) in [5, 5.41) is 7.38. The van der Waals surface area contributed by atoms with Crippen LogP contribution in [0.5, 0.6) is 0 Å². The fourth-order valence-electron chi connectivity index (χ4n) is 2.64. The molecule has 4 rings (SSSR count). The highest BCUT2D eigenvalue weighted by atomic mass is 32.1. The van der Waals surface area contributed by atoms with E-state index in [-0.39, 0.29) is 0 Å². The molecule has 0 amide bonds. The molecule has 0 fully saturated rings. The maximum atomic E-state index is 5.48. The summed E-state index contributed by atoms with van der Waals surface area (Å²) in [6.07, 6.45) is 4.78. The van der Waals surface area contributed by atoms with E-state index < -0.39 is 0 Å². The average Bonchev–Trinajstić information content (AvgIpc) is 3.23. The number of fused-ring (bicyclic) bond motifs is 1. The zero-order valence-corrected chi connectivity index (χ0v) is 12.8. The second kappa shape index (κ2) is 5.77. The van der Waals surface area contributed by atoms with Gasteiger partial charge in [-0.3, -0.25) is 5.43 Å². The molecule has 1 aliphatic rings. The molecule has 1 aliphatic carbocycles. The molecule has 2 heterocycles. The minimum absolute atomic E-state index is 0.807. The van der Waals surface area contributed by atoms with E-state index in [2.05, 4.69) is 27.6 Å². The van der Waals surface area contributed by atoms with Gasteiger partial charge in [0.25, 0.3) is 0 Å². The summed E-state index contributed by atoms with van der Waals surface area (Å²) in [6.45, 7) is 0. The SMILES string of the molecule is c1ccc(-c2csc(NN=C3CCCc4occc43)n2)cc1. The minimum Gasteiger partial charge on any atom is -0.469 e. The number of anilines is 1. The number of benzene rings is 1. The van der Waals surface area contributed by atoms with E-state index in [1.165, 1.54) is 0 Å². The van der Waals surface area contributed by atoms with Gasteiger partial charge < -0.3 is 4.42 Å². The van der Waals surface area contributed by atoms with Gasteiger partial charge in [-0.15, -0.1) is 11.3 Å². The number of furan rings is 1. The number of rotatable bonds is 3. The van der Waals surface area contributed by atoms with E-state index in [0.29, 0.717) is 0 Å². The predicted molar refractivity (Wildman–Crippen MR) is 89.4 cm³/mol. The quantitative estimate of drug-likeness (QED) is 0.722. The Labute approximate surface area is 132 Å². The first-order chi connectivity index (χ1) is 10.9. The fraction of sp³-hybridized carbons (Fsp3) is 0.176. The Balaban J connectivity index is 1.54. The number of nitrogens with zero attached hydrogens (tertiary/aromatic N) is 2. The summed E-state index contributed by atoms with van der Waals surface area (Å²) in [6, 6.07) is 12.2. The molecular weight excluding hydrogens is 294 g/mol. The fourth-order valence-corrected chi connectivity index (χ4v) is 3.30. The van der Waals surface area contributed by atoms with Gasteiger partial charge in [0.05, 0.1) is 17.7 Å². The van der Waals surface area contributed by atoms with Crippen LogP contribution in [0.2, 0.25) is 0 Å². The molecule has 0 saturated heterocycles. The smallest absolute Gasteiger partial charge is 0.203 e. The second-order valence-electron chi connectivity index (χ2n) is 5.19. The lowest BCUT2D eigenvalue weighted by Crippen LogP contribution is -2.11. The molecular formula is C17H15N3OS. The molecule has 0 atom stereocenters. The largest absolute Gasteiger partial charge is 0.469 e. The van der Waals surface area contributed by atoms with Crippen molar-refractivity contribution in [3.8, 4) is 11.3 Å². The first-order valence-corrected chi connectivity index (χ1v) is 8.18. The molecule has 4 nitrogen and oxygen atoms in total. The molecule has 0 unspecified atom stereocenters. The van der Waals surface area contributed by atoms with Gasteiger partial charge in [-0.2, -0.15) is 5.10 Å². The molecule has 0 spiro atoms. The Morgan fingerprint density at radius 1 is 1.14 bits per heavy atom. The third-order valence-electron chi connectivity index (χ3n) is 3.73. The molecule has 3 aromatic rings. The third-order valence-corrected chi connectivity index (χ3v) is 4.48. The number of aryl methyl sites for hydroxylation is 1. The number of hydrazone groups is 1. The number of thiazole rings is 1. The monoisotopic (exact) mass is 309 g/mol. The summed E-state index contributed by atoms with van der Waals surface area (Å²) < 4.78 is 5.48. The van der Waals surface area contributed by atoms with Crippen LogP contribution in [0.4, 0.5) is 5.13 Å². The van der Waals surface area contributed by atoms with Crippen molar-refractivity contribution in [1.82, 2.24) is 4.98 Å². The molecule has 2 aromatic heterocycles. The summed E-state index contributed by atoms with van der Waals surface area (Å²) in [5.41, 5.74) is 7.35. The highest BCUT2D eigenvalue weighted by Crippen LogP contribution is 2.26. The van der Waals surface area contributed by atoms with Crippen molar-refractivity contribution in [2.24, 2.45) is 5.10 Å². The molecule has 1 N–H and O–H groups in total. The van der Waals surface area contributed by atoms with Crippen molar-refractivity contribution in [2.45, 2.75) is 19.3 Å². The highest BCUT2D eigenvalue weighted by molar-refractivity contribution is 7.14. The summed E-state index contributed by atoms with van der Waals surface area (Å²) in [5.74, 6) is 1.04. The Hall–Kier alpha value is -2.40. The molecule has 110 valence electrons. The zero-order chi connectivity index (χ0) is 14.8. The van der Waals surface area contributed by atoms with E-state index >= 15 is 0 Å². The Morgan fingerprint density at radius 3 is 2.95 bits per heavy atom. The van der Waals surface area contributed by atoms with Crippen molar-refractivity contribution >= 4 is 22.2 Å². The van der Waals surface area contributed by atoms with Gasteiger partial charge in [-0.1, -0.05) is 30.3 Å². The summed E-state index contributed by atoms with van der Waals surface area (Å²) in [7, 11) is 0. The van der Waals surface area contributed by atoms with Gasteiger partial charge in [0.15, 0.2) is 0 Å². The van der Waals surface area contributed by atoms with Gasteiger partial charge in [-0.05, 0) is 18.9 Å².